The highest BCUT2D eigenvalue weighted by Crippen LogP contribution is 2.27. The van der Waals surface area contributed by atoms with Gasteiger partial charge in [0, 0.05) is 24.2 Å². The van der Waals surface area contributed by atoms with E-state index in [1.54, 1.807) is 7.11 Å². The predicted molar refractivity (Wildman–Crippen MR) is 85.9 cm³/mol. The van der Waals surface area contributed by atoms with Crippen molar-refractivity contribution in [2.75, 3.05) is 20.3 Å². The van der Waals surface area contributed by atoms with Crippen LogP contribution in [0.25, 0.3) is 0 Å². The summed E-state index contributed by atoms with van der Waals surface area (Å²) in [5.41, 5.74) is 7.94. The fourth-order valence-electron chi connectivity index (χ4n) is 2.09. The van der Waals surface area contributed by atoms with Crippen LogP contribution in [-0.4, -0.2) is 20.3 Å². The Balaban J connectivity index is 2.07. The van der Waals surface area contributed by atoms with E-state index in [-0.39, 0.29) is 6.10 Å². The number of nitrogens with two attached hydrogens (primary N) is 1. The van der Waals surface area contributed by atoms with Crippen LogP contribution in [0.1, 0.15) is 17.2 Å². The maximum atomic E-state index is 6.20. The van der Waals surface area contributed by atoms with Crippen molar-refractivity contribution < 1.29 is 9.47 Å². The smallest absolute Gasteiger partial charge is 0.137 e. The number of rotatable bonds is 7. The molecule has 0 fully saturated rings. The topological polar surface area (TPSA) is 44.5 Å². The van der Waals surface area contributed by atoms with Crippen LogP contribution in [0.15, 0.2) is 48.5 Å². The van der Waals surface area contributed by atoms with E-state index in [1.807, 2.05) is 48.5 Å². The molecule has 2 aromatic carbocycles. The summed E-state index contributed by atoms with van der Waals surface area (Å²) in [4.78, 5) is 0. The van der Waals surface area contributed by atoms with Crippen LogP contribution in [0, 0.1) is 0 Å². The van der Waals surface area contributed by atoms with Crippen molar-refractivity contribution in [1.29, 1.82) is 0 Å². The molecule has 0 saturated carbocycles. The molecule has 0 aliphatic carbocycles. The quantitative estimate of drug-likeness (QED) is 0.850. The number of halogens is 1. The van der Waals surface area contributed by atoms with Gasteiger partial charge in [0.25, 0.3) is 0 Å². The zero-order chi connectivity index (χ0) is 15.1. The SMILES string of the molecule is COCCc1ccc(OC(CN)c2ccccc2Cl)cc1. The minimum atomic E-state index is -0.247. The van der Waals surface area contributed by atoms with Crippen LogP contribution in [0.2, 0.25) is 5.02 Å². The van der Waals surface area contributed by atoms with Gasteiger partial charge in [-0.1, -0.05) is 41.9 Å². The second-order valence-electron chi connectivity index (χ2n) is 4.75. The highest BCUT2D eigenvalue weighted by molar-refractivity contribution is 6.31. The normalized spacial score (nSPS) is 12.1. The summed E-state index contributed by atoms with van der Waals surface area (Å²) < 4.78 is 11.0. The molecule has 2 rings (SSSR count). The molecule has 0 radical (unpaired) electrons. The Morgan fingerprint density at radius 3 is 2.43 bits per heavy atom. The summed E-state index contributed by atoms with van der Waals surface area (Å²) in [6, 6.07) is 15.6. The molecule has 2 aromatic rings. The van der Waals surface area contributed by atoms with Crippen molar-refractivity contribution in [3.8, 4) is 5.75 Å². The van der Waals surface area contributed by atoms with E-state index in [1.165, 1.54) is 5.56 Å². The van der Waals surface area contributed by atoms with E-state index in [9.17, 15) is 0 Å². The van der Waals surface area contributed by atoms with Gasteiger partial charge in [0.1, 0.15) is 11.9 Å². The molecular formula is C17H20ClNO2. The van der Waals surface area contributed by atoms with Crippen molar-refractivity contribution in [2.45, 2.75) is 12.5 Å². The van der Waals surface area contributed by atoms with Gasteiger partial charge < -0.3 is 15.2 Å². The molecule has 21 heavy (non-hydrogen) atoms. The molecule has 0 heterocycles. The van der Waals surface area contributed by atoms with Gasteiger partial charge in [0.05, 0.1) is 6.61 Å². The third kappa shape index (κ3) is 4.46. The minimum Gasteiger partial charge on any atom is -0.484 e. The summed E-state index contributed by atoms with van der Waals surface area (Å²) in [5, 5.41) is 0.671. The lowest BCUT2D eigenvalue weighted by molar-refractivity contribution is 0.202. The second kappa shape index (κ2) is 8.03. The van der Waals surface area contributed by atoms with E-state index >= 15 is 0 Å². The molecule has 0 saturated heterocycles. The highest BCUT2D eigenvalue weighted by atomic mass is 35.5. The lowest BCUT2D eigenvalue weighted by Gasteiger charge is -2.19. The summed E-state index contributed by atoms with van der Waals surface area (Å²) >= 11 is 6.20. The molecule has 0 aliphatic heterocycles. The molecule has 112 valence electrons. The van der Waals surface area contributed by atoms with Crippen molar-refractivity contribution in [3.63, 3.8) is 0 Å². The Morgan fingerprint density at radius 1 is 1.10 bits per heavy atom. The molecule has 0 amide bonds. The van der Waals surface area contributed by atoms with Gasteiger partial charge in [-0.3, -0.25) is 0 Å². The zero-order valence-corrected chi connectivity index (χ0v) is 12.8. The molecule has 4 heteroatoms. The van der Waals surface area contributed by atoms with E-state index in [2.05, 4.69) is 0 Å². The van der Waals surface area contributed by atoms with Gasteiger partial charge in [-0.05, 0) is 30.2 Å². The third-order valence-corrected chi connectivity index (χ3v) is 3.61. The first-order valence-electron chi connectivity index (χ1n) is 6.93. The highest BCUT2D eigenvalue weighted by Gasteiger charge is 2.14. The molecule has 3 nitrogen and oxygen atoms in total. The molecule has 1 unspecified atom stereocenters. The van der Waals surface area contributed by atoms with Gasteiger partial charge in [-0.25, -0.2) is 0 Å². The van der Waals surface area contributed by atoms with Crippen LogP contribution in [-0.2, 0) is 11.2 Å². The first-order chi connectivity index (χ1) is 10.2. The van der Waals surface area contributed by atoms with Crippen molar-refractivity contribution in [3.05, 3.63) is 64.7 Å². The first-order valence-corrected chi connectivity index (χ1v) is 7.31. The van der Waals surface area contributed by atoms with Crippen molar-refractivity contribution >= 4 is 11.6 Å². The van der Waals surface area contributed by atoms with Crippen LogP contribution in [0.3, 0.4) is 0 Å². The Bertz CT molecular complexity index is 557. The zero-order valence-electron chi connectivity index (χ0n) is 12.1. The monoisotopic (exact) mass is 305 g/mol. The molecule has 0 bridgehead atoms. The predicted octanol–water partition coefficient (Wildman–Crippen LogP) is 3.61. The number of hydrogen-bond donors (Lipinski definition) is 1. The summed E-state index contributed by atoms with van der Waals surface area (Å²) in [6.07, 6.45) is 0.644. The fraction of sp³-hybridized carbons (Fsp3) is 0.294. The number of methoxy groups -OCH3 is 1. The van der Waals surface area contributed by atoms with E-state index in [0.29, 0.717) is 18.2 Å². The summed E-state index contributed by atoms with van der Waals surface area (Å²) in [5.74, 6) is 0.784. The average Bonchev–Trinajstić information content (AvgIpc) is 2.52. The van der Waals surface area contributed by atoms with Crippen molar-refractivity contribution in [1.82, 2.24) is 0 Å². The largest absolute Gasteiger partial charge is 0.484 e. The van der Waals surface area contributed by atoms with Crippen molar-refractivity contribution in [2.24, 2.45) is 5.73 Å². The maximum Gasteiger partial charge on any atom is 0.137 e. The third-order valence-electron chi connectivity index (χ3n) is 3.26. The number of hydrogen-bond acceptors (Lipinski definition) is 3. The molecule has 1 atom stereocenters. The summed E-state index contributed by atoms with van der Waals surface area (Å²) in [7, 11) is 1.70. The van der Waals surface area contributed by atoms with Crippen LogP contribution < -0.4 is 10.5 Å². The Morgan fingerprint density at radius 2 is 1.81 bits per heavy atom. The van der Waals surface area contributed by atoms with E-state index < -0.39 is 0 Å². The van der Waals surface area contributed by atoms with Gasteiger partial charge >= 0.3 is 0 Å². The van der Waals surface area contributed by atoms with Gasteiger partial charge in [0.2, 0.25) is 0 Å². The van der Waals surface area contributed by atoms with Gasteiger partial charge in [0.15, 0.2) is 0 Å². The molecule has 2 N–H and O–H groups in total. The first kappa shape index (κ1) is 15.8. The molecule has 0 spiro atoms. The Labute approximate surface area is 130 Å². The molecular weight excluding hydrogens is 286 g/mol. The minimum absolute atomic E-state index is 0.247. The van der Waals surface area contributed by atoms with Gasteiger partial charge in [-0.15, -0.1) is 0 Å². The van der Waals surface area contributed by atoms with Crippen LogP contribution >= 0.6 is 11.6 Å². The Hall–Kier alpha value is -1.55. The summed E-state index contributed by atoms with van der Waals surface area (Å²) in [6.45, 7) is 1.08. The second-order valence-corrected chi connectivity index (χ2v) is 5.16. The molecule has 0 aromatic heterocycles. The fourth-order valence-corrected chi connectivity index (χ4v) is 2.35. The maximum absolute atomic E-state index is 6.20. The number of benzene rings is 2. The van der Waals surface area contributed by atoms with Crippen LogP contribution in [0.5, 0.6) is 5.75 Å². The van der Waals surface area contributed by atoms with E-state index in [4.69, 9.17) is 26.8 Å². The van der Waals surface area contributed by atoms with Gasteiger partial charge in [-0.2, -0.15) is 0 Å². The Kier molecular flexibility index (Phi) is 6.05. The standard InChI is InChI=1S/C17H20ClNO2/c1-20-11-10-13-6-8-14(9-7-13)21-17(12-19)15-4-2-3-5-16(15)18/h2-9,17H,10-12,19H2,1H3. The lowest BCUT2D eigenvalue weighted by Crippen LogP contribution is -2.18. The van der Waals surface area contributed by atoms with E-state index in [0.717, 1.165) is 17.7 Å². The lowest BCUT2D eigenvalue weighted by atomic mass is 10.1. The number of ether oxygens (including phenoxy) is 2. The average molecular weight is 306 g/mol. The van der Waals surface area contributed by atoms with Crippen LogP contribution in [0.4, 0.5) is 0 Å². The molecule has 0 aliphatic rings.